The van der Waals surface area contributed by atoms with Crippen LogP contribution in [0.4, 0.5) is 5.69 Å². The molecule has 1 atom stereocenters. The molecule has 4 heteroatoms. The first-order valence-electron chi connectivity index (χ1n) is 7.40. The maximum atomic E-state index is 12.4. The van der Waals surface area contributed by atoms with Crippen molar-refractivity contribution in [2.24, 2.45) is 0 Å². The highest BCUT2D eigenvalue weighted by Gasteiger charge is 2.20. The molecule has 20 heavy (non-hydrogen) atoms. The summed E-state index contributed by atoms with van der Waals surface area (Å²) in [6.07, 6.45) is 4.87. The summed E-state index contributed by atoms with van der Waals surface area (Å²) in [5, 5.41) is 0. The Kier molecular flexibility index (Phi) is 5.01. The lowest BCUT2D eigenvalue weighted by Gasteiger charge is -2.33. The summed E-state index contributed by atoms with van der Waals surface area (Å²) in [5.74, 6) is 0.0153. The quantitative estimate of drug-likeness (QED) is 0.857. The van der Waals surface area contributed by atoms with E-state index in [1.807, 2.05) is 19.2 Å². The molecule has 1 saturated heterocycles. The second kappa shape index (κ2) is 6.75. The number of nitrogens with zero attached hydrogens (tertiary/aromatic N) is 2. The fourth-order valence-corrected chi connectivity index (χ4v) is 2.85. The molecular weight excluding hydrogens is 250 g/mol. The number of hydrogen-bond acceptors (Lipinski definition) is 3. The molecule has 0 spiro atoms. The van der Waals surface area contributed by atoms with Gasteiger partial charge in [-0.2, -0.15) is 0 Å². The molecule has 110 valence electrons. The summed E-state index contributed by atoms with van der Waals surface area (Å²) in [6.45, 7) is 1.95. The van der Waals surface area contributed by atoms with Crippen LogP contribution in [0.2, 0.25) is 0 Å². The number of amides is 1. The Morgan fingerprint density at radius 3 is 2.85 bits per heavy atom. The van der Waals surface area contributed by atoms with Crippen LogP contribution in [0.1, 0.15) is 36.0 Å². The zero-order valence-corrected chi connectivity index (χ0v) is 12.5. The molecule has 0 radical (unpaired) electrons. The zero-order chi connectivity index (χ0) is 14.5. The second-order valence-corrected chi connectivity index (χ2v) is 5.73. The van der Waals surface area contributed by atoms with Crippen molar-refractivity contribution in [1.82, 2.24) is 9.80 Å². The molecule has 4 nitrogen and oxygen atoms in total. The fourth-order valence-electron chi connectivity index (χ4n) is 2.85. The Hall–Kier alpha value is -1.55. The van der Waals surface area contributed by atoms with Gasteiger partial charge in [0.25, 0.3) is 5.91 Å². The number of nitrogen functional groups attached to an aromatic ring is 1. The smallest absolute Gasteiger partial charge is 0.255 e. The van der Waals surface area contributed by atoms with E-state index in [1.54, 1.807) is 17.0 Å². The van der Waals surface area contributed by atoms with Crippen LogP contribution >= 0.6 is 0 Å². The van der Waals surface area contributed by atoms with E-state index >= 15 is 0 Å². The summed E-state index contributed by atoms with van der Waals surface area (Å²) in [7, 11) is 4.04. The molecule has 1 heterocycles. The van der Waals surface area contributed by atoms with Gasteiger partial charge in [0.05, 0.1) is 5.56 Å². The minimum atomic E-state index is 0.0153. The number of rotatable bonds is 4. The number of carbonyl (C=O) groups is 1. The highest BCUT2D eigenvalue weighted by atomic mass is 16.2. The van der Waals surface area contributed by atoms with Gasteiger partial charge in [-0.1, -0.05) is 18.6 Å². The van der Waals surface area contributed by atoms with Crippen LogP contribution in [0.25, 0.3) is 0 Å². The number of piperidine rings is 1. The zero-order valence-electron chi connectivity index (χ0n) is 12.5. The van der Waals surface area contributed by atoms with Crippen molar-refractivity contribution in [2.75, 3.05) is 32.9 Å². The van der Waals surface area contributed by atoms with Gasteiger partial charge in [0.1, 0.15) is 0 Å². The van der Waals surface area contributed by atoms with Crippen LogP contribution in [0.5, 0.6) is 0 Å². The predicted molar refractivity (Wildman–Crippen MR) is 82.7 cm³/mol. The van der Waals surface area contributed by atoms with Crippen molar-refractivity contribution in [3.05, 3.63) is 29.8 Å². The highest BCUT2D eigenvalue weighted by Crippen LogP contribution is 2.19. The van der Waals surface area contributed by atoms with E-state index < -0.39 is 0 Å². The van der Waals surface area contributed by atoms with E-state index in [2.05, 4.69) is 11.9 Å². The van der Waals surface area contributed by atoms with Crippen LogP contribution in [0.15, 0.2) is 24.3 Å². The SMILES string of the molecule is CN(CCC1CCCCN1C)C(=O)c1ccccc1N. The first kappa shape index (κ1) is 14.9. The Bertz CT molecular complexity index is 461. The highest BCUT2D eigenvalue weighted by molar-refractivity contribution is 5.98. The monoisotopic (exact) mass is 275 g/mol. The lowest BCUT2D eigenvalue weighted by Crippen LogP contribution is -2.39. The molecule has 1 aliphatic heterocycles. The Morgan fingerprint density at radius 2 is 2.15 bits per heavy atom. The first-order valence-corrected chi connectivity index (χ1v) is 7.40. The molecular formula is C16H25N3O. The lowest BCUT2D eigenvalue weighted by molar-refractivity contribution is 0.0771. The number of para-hydroxylation sites is 1. The summed E-state index contributed by atoms with van der Waals surface area (Å²) in [5.41, 5.74) is 7.02. The van der Waals surface area contributed by atoms with Gasteiger partial charge in [-0.25, -0.2) is 0 Å². The standard InChI is InChI=1S/C16H25N3O/c1-18-11-6-5-7-13(18)10-12-19(2)16(20)14-8-3-4-9-15(14)17/h3-4,8-9,13H,5-7,10-12,17H2,1-2H3. The van der Waals surface area contributed by atoms with Gasteiger partial charge in [0.15, 0.2) is 0 Å². The second-order valence-electron chi connectivity index (χ2n) is 5.73. The van der Waals surface area contributed by atoms with Gasteiger partial charge >= 0.3 is 0 Å². The van der Waals surface area contributed by atoms with Gasteiger partial charge in [-0.15, -0.1) is 0 Å². The number of benzene rings is 1. The van der Waals surface area contributed by atoms with Gasteiger partial charge in [-0.05, 0) is 45.0 Å². The number of nitrogens with two attached hydrogens (primary N) is 1. The Labute approximate surface area is 121 Å². The van der Waals surface area contributed by atoms with Gasteiger partial charge in [0.2, 0.25) is 0 Å². The summed E-state index contributed by atoms with van der Waals surface area (Å²) < 4.78 is 0. The third-order valence-electron chi connectivity index (χ3n) is 4.26. The maximum Gasteiger partial charge on any atom is 0.255 e. The molecule has 1 aromatic carbocycles. The molecule has 0 aromatic heterocycles. The third-order valence-corrected chi connectivity index (χ3v) is 4.26. The van der Waals surface area contributed by atoms with E-state index in [-0.39, 0.29) is 5.91 Å². The van der Waals surface area contributed by atoms with E-state index in [4.69, 9.17) is 5.73 Å². The van der Waals surface area contributed by atoms with E-state index in [0.717, 1.165) is 13.0 Å². The number of carbonyl (C=O) groups excluding carboxylic acids is 1. The molecule has 0 bridgehead atoms. The van der Waals surface area contributed by atoms with Crippen molar-refractivity contribution in [3.63, 3.8) is 0 Å². The van der Waals surface area contributed by atoms with Crippen LogP contribution in [-0.4, -0.2) is 48.9 Å². The van der Waals surface area contributed by atoms with E-state index in [9.17, 15) is 4.79 Å². The normalized spacial score (nSPS) is 19.8. The maximum absolute atomic E-state index is 12.4. The molecule has 2 rings (SSSR count). The van der Waals surface area contributed by atoms with Crippen molar-refractivity contribution in [3.8, 4) is 0 Å². The molecule has 0 saturated carbocycles. The predicted octanol–water partition coefficient (Wildman–Crippen LogP) is 2.22. The minimum absolute atomic E-state index is 0.0153. The first-order chi connectivity index (χ1) is 9.59. The summed E-state index contributed by atoms with van der Waals surface area (Å²) in [6, 6.07) is 7.87. The van der Waals surface area contributed by atoms with Gasteiger partial charge in [-0.3, -0.25) is 4.79 Å². The van der Waals surface area contributed by atoms with Crippen LogP contribution in [0, 0.1) is 0 Å². The molecule has 1 aromatic rings. The van der Waals surface area contributed by atoms with Gasteiger partial charge in [0, 0.05) is 25.3 Å². The van der Waals surface area contributed by atoms with Crippen LogP contribution in [0.3, 0.4) is 0 Å². The van der Waals surface area contributed by atoms with Crippen molar-refractivity contribution < 1.29 is 4.79 Å². The number of hydrogen-bond donors (Lipinski definition) is 1. The number of likely N-dealkylation sites (tertiary alicyclic amines) is 1. The van der Waals surface area contributed by atoms with E-state index in [1.165, 1.54) is 25.8 Å². The number of anilines is 1. The van der Waals surface area contributed by atoms with E-state index in [0.29, 0.717) is 17.3 Å². The Balaban J connectivity index is 1.90. The summed E-state index contributed by atoms with van der Waals surface area (Å²) in [4.78, 5) is 16.6. The lowest BCUT2D eigenvalue weighted by atomic mass is 10.00. The van der Waals surface area contributed by atoms with Crippen molar-refractivity contribution in [2.45, 2.75) is 31.7 Å². The van der Waals surface area contributed by atoms with Crippen molar-refractivity contribution >= 4 is 11.6 Å². The third kappa shape index (κ3) is 3.51. The average molecular weight is 275 g/mol. The van der Waals surface area contributed by atoms with Crippen LogP contribution in [-0.2, 0) is 0 Å². The minimum Gasteiger partial charge on any atom is -0.398 e. The molecule has 1 aliphatic rings. The Morgan fingerprint density at radius 1 is 1.40 bits per heavy atom. The van der Waals surface area contributed by atoms with Gasteiger partial charge < -0.3 is 15.5 Å². The average Bonchev–Trinajstić information content (AvgIpc) is 2.46. The van der Waals surface area contributed by atoms with Crippen LogP contribution < -0.4 is 5.73 Å². The van der Waals surface area contributed by atoms with Crippen molar-refractivity contribution in [1.29, 1.82) is 0 Å². The fraction of sp³-hybridized carbons (Fsp3) is 0.562. The topological polar surface area (TPSA) is 49.6 Å². The molecule has 1 amide bonds. The molecule has 1 fully saturated rings. The largest absolute Gasteiger partial charge is 0.398 e. The summed E-state index contributed by atoms with van der Waals surface area (Å²) >= 11 is 0. The molecule has 0 aliphatic carbocycles. The molecule has 2 N–H and O–H groups in total. The molecule has 1 unspecified atom stereocenters.